The maximum absolute atomic E-state index is 12.1. The molecule has 6 nitrogen and oxygen atoms in total. The molecule has 1 unspecified atom stereocenters. The number of methoxy groups -OCH3 is 1. The zero-order chi connectivity index (χ0) is 26.3. The summed E-state index contributed by atoms with van der Waals surface area (Å²) in [7, 11) is 1.38. The molecule has 0 N–H and O–H groups in total. The highest BCUT2D eigenvalue weighted by atomic mass is 16.7. The first-order chi connectivity index (χ1) is 17.7. The van der Waals surface area contributed by atoms with E-state index in [9.17, 15) is 4.79 Å². The number of esters is 1. The van der Waals surface area contributed by atoms with E-state index in [2.05, 4.69) is 38.7 Å². The van der Waals surface area contributed by atoms with Gasteiger partial charge in [-0.15, -0.1) is 0 Å². The van der Waals surface area contributed by atoms with E-state index in [1.807, 2.05) is 6.92 Å². The molecule has 0 aromatic carbocycles. The summed E-state index contributed by atoms with van der Waals surface area (Å²) in [6, 6.07) is 0. The molecule has 5 aliphatic rings. The molecule has 0 amide bonds. The van der Waals surface area contributed by atoms with Crippen LogP contribution in [0.4, 0.5) is 0 Å². The normalized spacial score (nSPS) is 40.6. The minimum Gasteiger partial charge on any atom is -0.459 e. The van der Waals surface area contributed by atoms with E-state index < -0.39 is 11.6 Å². The van der Waals surface area contributed by atoms with E-state index in [0.717, 1.165) is 64.2 Å². The van der Waals surface area contributed by atoms with E-state index in [4.69, 9.17) is 23.7 Å². The van der Waals surface area contributed by atoms with Gasteiger partial charge < -0.3 is 23.7 Å². The monoisotopic (exact) mass is 514 g/mol. The number of hydrogen-bond donors (Lipinski definition) is 0. The van der Waals surface area contributed by atoms with Gasteiger partial charge in [0, 0.05) is 30.8 Å². The molecule has 1 spiro atoms. The second-order valence-corrected chi connectivity index (χ2v) is 12.5. The zero-order valence-electron chi connectivity index (χ0n) is 23.5. The van der Waals surface area contributed by atoms with Crippen LogP contribution >= 0.6 is 0 Å². The van der Waals surface area contributed by atoms with Crippen LogP contribution in [0, 0.1) is 40.4 Å². The van der Waals surface area contributed by atoms with Crippen LogP contribution in [0.15, 0.2) is 11.6 Å². The molecule has 4 fully saturated rings. The molecular formula is C31H46O6. The Morgan fingerprint density at radius 3 is 2.62 bits per heavy atom. The van der Waals surface area contributed by atoms with Crippen molar-refractivity contribution in [3.63, 3.8) is 0 Å². The molecule has 6 heteroatoms. The van der Waals surface area contributed by atoms with Crippen molar-refractivity contribution in [1.82, 2.24) is 0 Å². The predicted molar refractivity (Wildman–Crippen MR) is 140 cm³/mol. The zero-order valence-corrected chi connectivity index (χ0v) is 23.5. The van der Waals surface area contributed by atoms with Gasteiger partial charge >= 0.3 is 5.97 Å². The average Bonchev–Trinajstić information content (AvgIpc) is 3.45. The summed E-state index contributed by atoms with van der Waals surface area (Å²) in [4.78, 5) is 12.1. The molecule has 0 bridgehead atoms. The molecular weight excluding hydrogens is 468 g/mol. The first-order valence-electron chi connectivity index (χ1n) is 14.6. The molecule has 1 heterocycles. The molecule has 206 valence electrons. The highest BCUT2D eigenvalue weighted by molar-refractivity contribution is 5.88. The fourth-order valence-corrected chi connectivity index (χ4v) is 8.69. The van der Waals surface area contributed by atoms with Crippen LogP contribution in [-0.4, -0.2) is 50.6 Å². The number of fused-ring (bicyclic) bond motifs is 5. The van der Waals surface area contributed by atoms with E-state index in [-0.39, 0.29) is 22.9 Å². The fraction of sp³-hybridized carbons (Fsp3) is 0.839. The second-order valence-electron chi connectivity index (χ2n) is 12.5. The van der Waals surface area contributed by atoms with Crippen molar-refractivity contribution in [2.75, 3.05) is 26.9 Å². The van der Waals surface area contributed by atoms with Gasteiger partial charge in [0.15, 0.2) is 12.1 Å². The quantitative estimate of drug-likeness (QED) is 0.112. The number of allylic oxidation sites excluding steroid dienone is 1. The number of hydrogen-bond acceptors (Lipinski definition) is 6. The number of unbranched alkanes of at least 4 members (excludes halogenated alkanes) is 1. The van der Waals surface area contributed by atoms with Crippen molar-refractivity contribution in [1.29, 1.82) is 0 Å². The Morgan fingerprint density at radius 2 is 1.89 bits per heavy atom. The van der Waals surface area contributed by atoms with Crippen molar-refractivity contribution in [3.8, 4) is 11.8 Å². The lowest BCUT2D eigenvalue weighted by molar-refractivity contribution is -0.224. The Hall–Kier alpha value is -1.39. The molecule has 0 radical (unpaired) electrons. The van der Waals surface area contributed by atoms with Crippen molar-refractivity contribution < 1.29 is 28.5 Å². The molecule has 4 aliphatic carbocycles. The minimum atomic E-state index is -0.713. The summed E-state index contributed by atoms with van der Waals surface area (Å²) in [5.41, 5.74) is 0.891. The van der Waals surface area contributed by atoms with Crippen molar-refractivity contribution in [2.24, 2.45) is 28.6 Å². The van der Waals surface area contributed by atoms with E-state index in [1.54, 1.807) is 5.57 Å². The first-order valence-corrected chi connectivity index (χ1v) is 14.6. The van der Waals surface area contributed by atoms with Gasteiger partial charge in [-0.2, -0.15) is 0 Å². The van der Waals surface area contributed by atoms with Crippen molar-refractivity contribution >= 4 is 5.97 Å². The molecule has 0 aromatic rings. The van der Waals surface area contributed by atoms with Crippen LogP contribution in [0.3, 0.4) is 0 Å². The highest BCUT2D eigenvalue weighted by Gasteiger charge is 2.65. The summed E-state index contributed by atoms with van der Waals surface area (Å²) in [6.07, 6.45) is 12.4. The number of carbonyl (C=O) groups excluding carboxylic acids is 1. The van der Waals surface area contributed by atoms with Gasteiger partial charge in [0.2, 0.25) is 0 Å². The number of ether oxygens (including phenoxy) is 5. The van der Waals surface area contributed by atoms with Crippen LogP contribution in [-0.2, 0) is 28.5 Å². The fourth-order valence-electron chi connectivity index (χ4n) is 8.69. The lowest BCUT2D eigenvalue weighted by Crippen LogP contribution is -2.56. The standard InChI is InChI=1S/C31H46O6/c1-6-7-18-34-22(2)37-30(15-12-27(32)33-5)14-11-26-24-9-8-23-21-31(35-19-20-36-31)17-16-28(23,3)25(24)10-13-29(26,30)4/h8,22,24-26H,6-7,9-11,13-14,16-21H2,1-5H3/t22?,24-,25+,26+,28+,29+,30-/m1/s1. The van der Waals surface area contributed by atoms with Gasteiger partial charge in [0.05, 0.1) is 20.3 Å². The summed E-state index contributed by atoms with van der Waals surface area (Å²) in [6.45, 7) is 11.1. The van der Waals surface area contributed by atoms with E-state index in [1.165, 1.54) is 7.11 Å². The molecule has 5 rings (SSSR count). The molecule has 7 atom stereocenters. The Bertz CT molecular complexity index is 956. The van der Waals surface area contributed by atoms with Crippen molar-refractivity contribution in [3.05, 3.63) is 11.6 Å². The summed E-state index contributed by atoms with van der Waals surface area (Å²) in [5.74, 6) is 6.94. The molecule has 1 aliphatic heterocycles. The Kier molecular flexibility index (Phi) is 7.57. The van der Waals surface area contributed by atoms with Gasteiger partial charge in [-0.25, -0.2) is 4.79 Å². The smallest absolute Gasteiger partial charge is 0.384 e. The Balaban J connectivity index is 1.41. The van der Waals surface area contributed by atoms with Gasteiger partial charge in [-0.1, -0.05) is 44.8 Å². The Morgan fingerprint density at radius 1 is 1.14 bits per heavy atom. The third-order valence-corrected chi connectivity index (χ3v) is 10.8. The number of rotatable bonds is 6. The van der Waals surface area contributed by atoms with Crippen LogP contribution in [0.25, 0.3) is 0 Å². The van der Waals surface area contributed by atoms with Gasteiger partial charge in [-0.3, -0.25) is 0 Å². The largest absolute Gasteiger partial charge is 0.459 e. The highest BCUT2D eigenvalue weighted by Crippen LogP contribution is 2.68. The minimum absolute atomic E-state index is 0.146. The van der Waals surface area contributed by atoms with Crippen molar-refractivity contribution in [2.45, 2.75) is 110 Å². The Labute approximate surface area is 223 Å². The third kappa shape index (κ3) is 4.58. The number of carbonyl (C=O) groups is 1. The molecule has 3 saturated carbocycles. The topological polar surface area (TPSA) is 63.2 Å². The van der Waals surface area contributed by atoms with Crippen LogP contribution in [0.1, 0.15) is 91.9 Å². The van der Waals surface area contributed by atoms with Crippen LogP contribution in [0.2, 0.25) is 0 Å². The molecule has 37 heavy (non-hydrogen) atoms. The van der Waals surface area contributed by atoms with Gasteiger partial charge in [-0.05, 0) is 75.0 Å². The summed E-state index contributed by atoms with van der Waals surface area (Å²) < 4.78 is 29.9. The van der Waals surface area contributed by atoms with E-state index >= 15 is 0 Å². The predicted octanol–water partition coefficient (Wildman–Crippen LogP) is 5.79. The van der Waals surface area contributed by atoms with Crippen LogP contribution < -0.4 is 0 Å². The second kappa shape index (κ2) is 10.3. The van der Waals surface area contributed by atoms with E-state index in [0.29, 0.717) is 37.6 Å². The average molecular weight is 515 g/mol. The molecule has 1 saturated heterocycles. The maximum atomic E-state index is 12.1. The SMILES string of the molecule is CCCCOC(C)O[C@@]1(C#CC(=O)OC)CC[C@H]2[C@@H]3CC=C4CC5(CC[C@]4(C)[C@H]3CC[C@@]21C)OCCO5. The van der Waals surface area contributed by atoms with Gasteiger partial charge in [0.1, 0.15) is 5.60 Å². The van der Waals surface area contributed by atoms with Crippen LogP contribution in [0.5, 0.6) is 0 Å². The third-order valence-electron chi connectivity index (χ3n) is 10.8. The molecule has 0 aromatic heterocycles. The lowest BCUT2D eigenvalue weighted by atomic mass is 9.46. The summed E-state index contributed by atoms with van der Waals surface area (Å²) in [5, 5.41) is 0. The first kappa shape index (κ1) is 27.2. The summed E-state index contributed by atoms with van der Waals surface area (Å²) >= 11 is 0. The lowest BCUT2D eigenvalue weighted by Gasteiger charge is -2.59. The maximum Gasteiger partial charge on any atom is 0.384 e. The van der Waals surface area contributed by atoms with Gasteiger partial charge in [0.25, 0.3) is 0 Å².